The van der Waals surface area contributed by atoms with Gasteiger partial charge in [-0.3, -0.25) is 4.79 Å². The number of nitrogens with zero attached hydrogens (tertiary/aromatic N) is 1. The molecule has 0 unspecified atom stereocenters. The van der Waals surface area contributed by atoms with E-state index in [4.69, 9.17) is 4.74 Å². The number of ether oxygens (including phenoxy) is 1. The molecule has 1 amide bonds. The molecule has 0 radical (unpaired) electrons. The van der Waals surface area contributed by atoms with Crippen molar-refractivity contribution in [2.75, 3.05) is 20.7 Å². The van der Waals surface area contributed by atoms with E-state index in [0.717, 1.165) is 14.3 Å². The first-order valence-corrected chi connectivity index (χ1v) is 10.5. The number of benzene rings is 2. The number of rotatable bonds is 7. The first-order valence-electron chi connectivity index (χ1n) is 8.31. The smallest absolute Gasteiger partial charge is 0.243 e. The predicted molar refractivity (Wildman–Crippen MR) is 108 cm³/mol. The summed E-state index contributed by atoms with van der Waals surface area (Å²) < 4.78 is 32.5. The molecule has 0 aliphatic carbocycles. The Morgan fingerprint density at radius 1 is 1.26 bits per heavy atom. The summed E-state index contributed by atoms with van der Waals surface area (Å²) in [5, 5.41) is 2.82. The van der Waals surface area contributed by atoms with E-state index >= 15 is 0 Å². The van der Waals surface area contributed by atoms with Crippen LogP contribution >= 0.6 is 15.9 Å². The Morgan fingerprint density at radius 3 is 2.56 bits per heavy atom. The lowest BCUT2D eigenvalue weighted by atomic mass is 10.1. The van der Waals surface area contributed by atoms with Crippen molar-refractivity contribution < 1.29 is 17.9 Å². The maximum Gasteiger partial charge on any atom is 0.243 e. The first kappa shape index (κ1) is 21.4. The number of sulfonamides is 1. The number of aryl methyl sites for hydroxylation is 1. The maximum atomic E-state index is 12.7. The van der Waals surface area contributed by atoms with E-state index < -0.39 is 10.0 Å². The van der Waals surface area contributed by atoms with Gasteiger partial charge < -0.3 is 10.1 Å². The summed E-state index contributed by atoms with van der Waals surface area (Å²) in [7, 11) is -0.865. The van der Waals surface area contributed by atoms with Gasteiger partial charge in [0.15, 0.2) is 0 Å². The van der Waals surface area contributed by atoms with Gasteiger partial charge in [0.1, 0.15) is 5.75 Å². The molecule has 1 N–H and O–H groups in total. The van der Waals surface area contributed by atoms with Gasteiger partial charge in [-0.25, -0.2) is 8.42 Å². The second kappa shape index (κ2) is 8.86. The quantitative estimate of drug-likeness (QED) is 0.696. The number of amides is 1. The monoisotopic (exact) mass is 454 g/mol. The first-order chi connectivity index (χ1) is 12.6. The maximum absolute atomic E-state index is 12.7. The molecule has 6 nitrogen and oxygen atoms in total. The van der Waals surface area contributed by atoms with Gasteiger partial charge in [0.2, 0.25) is 15.9 Å². The van der Waals surface area contributed by atoms with Gasteiger partial charge in [0.25, 0.3) is 0 Å². The van der Waals surface area contributed by atoms with Crippen molar-refractivity contribution in [1.82, 2.24) is 9.62 Å². The molecule has 2 aromatic carbocycles. The van der Waals surface area contributed by atoms with Crippen LogP contribution in [-0.2, 0) is 14.8 Å². The second-order valence-corrected chi connectivity index (χ2v) is 9.20. The molecule has 0 aliphatic heterocycles. The topological polar surface area (TPSA) is 75.7 Å². The van der Waals surface area contributed by atoms with Gasteiger partial charge >= 0.3 is 0 Å². The lowest BCUT2D eigenvalue weighted by Gasteiger charge is -2.20. The number of carbonyl (C=O) groups is 1. The molecule has 2 aromatic rings. The Morgan fingerprint density at radius 2 is 1.96 bits per heavy atom. The molecule has 2 rings (SSSR count). The van der Waals surface area contributed by atoms with E-state index in [1.54, 1.807) is 13.0 Å². The number of methoxy groups -OCH3 is 1. The van der Waals surface area contributed by atoms with Crippen molar-refractivity contribution in [2.24, 2.45) is 0 Å². The van der Waals surface area contributed by atoms with E-state index in [-0.39, 0.29) is 23.4 Å². The molecule has 0 spiro atoms. The molecule has 0 heterocycles. The van der Waals surface area contributed by atoms with Gasteiger partial charge in [0, 0.05) is 11.5 Å². The van der Waals surface area contributed by atoms with Crippen LogP contribution in [0.15, 0.2) is 51.8 Å². The summed E-state index contributed by atoms with van der Waals surface area (Å²) in [4.78, 5) is 12.4. The summed E-state index contributed by atoms with van der Waals surface area (Å²) >= 11 is 3.40. The van der Waals surface area contributed by atoms with Crippen molar-refractivity contribution >= 4 is 31.9 Å². The van der Waals surface area contributed by atoms with Crippen LogP contribution in [0.2, 0.25) is 0 Å². The number of carbonyl (C=O) groups excluding carboxylic acids is 1. The Bertz CT molecular complexity index is 931. The molecule has 27 heavy (non-hydrogen) atoms. The Hall–Kier alpha value is -1.90. The lowest BCUT2D eigenvalue weighted by Crippen LogP contribution is -2.39. The number of likely N-dealkylation sites (N-methyl/N-ethyl adjacent to an activating group) is 1. The molecule has 1 atom stereocenters. The average molecular weight is 455 g/mol. The van der Waals surface area contributed by atoms with E-state index in [1.165, 1.54) is 26.3 Å². The van der Waals surface area contributed by atoms with Gasteiger partial charge in [-0.15, -0.1) is 0 Å². The number of hydrogen-bond acceptors (Lipinski definition) is 4. The average Bonchev–Trinajstić information content (AvgIpc) is 2.61. The summed E-state index contributed by atoms with van der Waals surface area (Å²) in [5.41, 5.74) is 1.63. The molecule has 146 valence electrons. The number of nitrogens with one attached hydrogen (secondary N) is 1. The van der Waals surface area contributed by atoms with Crippen LogP contribution in [0.3, 0.4) is 0 Å². The van der Waals surface area contributed by atoms with E-state index in [0.29, 0.717) is 11.3 Å². The highest BCUT2D eigenvalue weighted by molar-refractivity contribution is 9.10. The largest absolute Gasteiger partial charge is 0.496 e. The molecular formula is C19H23BrN2O4S. The Balaban J connectivity index is 2.07. The highest BCUT2D eigenvalue weighted by Gasteiger charge is 2.24. The minimum atomic E-state index is -3.78. The van der Waals surface area contributed by atoms with Gasteiger partial charge in [-0.1, -0.05) is 28.1 Å². The van der Waals surface area contributed by atoms with Crippen LogP contribution in [0.1, 0.15) is 24.1 Å². The predicted octanol–water partition coefficient (Wildman–Crippen LogP) is 3.26. The fraction of sp³-hybridized carbons (Fsp3) is 0.316. The molecule has 0 aliphatic rings. The SMILES string of the molecule is COc1ccc(S(=O)(=O)N(C)CC(=O)N[C@@H](C)c2cccc(Br)c2)cc1C. The third-order valence-corrected chi connectivity index (χ3v) is 6.46. The zero-order valence-electron chi connectivity index (χ0n) is 15.7. The molecule has 0 saturated carbocycles. The van der Waals surface area contributed by atoms with Crippen LogP contribution < -0.4 is 10.1 Å². The summed E-state index contributed by atoms with van der Waals surface area (Å²) in [6.45, 7) is 3.34. The third-order valence-electron chi connectivity index (χ3n) is 4.17. The summed E-state index contributed by atoms with van der Waals surface area (Å²) in [6, 6.07) is 12.0. The second-order valence-electron chi connectivity index (χ2n) is 6.24. The molecule has 0 fully saturated rings. The van der Waals surface area contributed by atoms with Crippen LogP contribution in [0.5, 0.6) is 5.75 Å². The minimum absolute atomic E-state index is 0.121. The summed E-state index contributed by atoms with van der Waals surface area (Å²) in [5.74, 6) is 0.232. The molecular weight excluding hydrogens is 432 g/mol. The van der Waals surface area contributed by atoms with Gasteiger partial charge in [-0.2, -0.15) is 4.31 Å². The van der Waals surface area contributed by atoms with Crippen LogP contribution in [0.4, 0.5) is 0 Å². The standard InChI is InChI=1S/C19H23BrN2O4S/c1-13-10-17(8-9-18(13)26-4)27(24,25)22(3)12-19(23)21-14(2)15-6-5-7-16(20)11-15/h5-11,14H,12H2,1-4H3,(H,21,23)/t14-/m0/s1. The van der Waals surface area contributed by atoms with Crippen molar-refractivity contribution in [2.45, 2.75) is 24.8 Å². The highest BCUT2D eigenvalue weighted by Crippen LogP contribution is 2.23. The molecule has 0 saturated heterocycles. The Labute approximate surface area is 168 Å². The Kier molecular flexibility index (Phi) is 7.02. The third kappa shape index (κ3) is 5.31. The molecule has 8 heteroatoms. The normalized spacial score (nSPS) is 12.7. The minimum Gasteiger partial charge on any atom is -0.496 e. The van der Waals surface area contributed by atoms with E-state index in [1.807, 2.05) is 31.2 Å². The van der Waals surface area contributed by atoms with Gasteiger partial charge in [0.05, 0.1) is 24.6 Å². The van der Waals surface area contributed by atoms with Gasteiger partial charge in [-0.05, 0) is 55.3 Å². The van der Waals surface area contributed by atoms with Crippen molar-refractivity contribution in [3.8, 4) is 5.75 Å². The van der Waals surface area contributed by atoms with Crippen molar-refractivity contribution in [1.29, 1.82) is 0 Å². The summed E-state index contributed by atoms with van der Waals surface area (Å²) in [6.07, 6.45) is 0. The number of hydrogen-bond donors (Lipinski definition) is 1. The highest BCUT2D eigenvalue weighted by atomic mass is 79.9. The van der Waals surface area contributed by atoms with E-state index in [2.05, 4.69) is 21.2 Å². The fourth-order valence-corrected chi connectivity index (χ4v) is 4.25. The van der Waals surface area contributed by atoms with E-state index in [9.17, 15) is 13.2 Å². The lowest BCUT2D eigenvalue weighted by molar-refractivity contribution is -0.121. The van der Waals surface area contributed by atoms with Crippen molar-refractivity contribution in [3.63, 3.8) is 0 Å². The van der Waals surface area contributed by atoms with Crippen LogP contribution in [0, 0.1) is 6.92 Å². The van der Waals surface area contributed by atoms with Crippen molar-refractivity contribution in [3.05, 3.63) is 58.1 Å². The zero-order valence-corrected chi connectivity index (χ0v) is 18.1. The molecule has 0 aromatic heterocycles. The molecule has 0 bridgehead atoms. The zero-order chi connectivity index (χ0) is 20.2. The van der Waals surface area contributed by atoms with Crippen LogP contribution in [0.25, 0.3) is 0 Å². The van der Waals surface area contributed by atoms with Crippen LogP contribution in [-0.4, -0.2) is 39.3 Å². The number of halogens is 1. The fourth-order valence-electron chi connectivity index (χ4n) is 2.62.